The molecule has 1 aliphatic heterocycles. The van der Waals surface area contributed by atoms with E-state index in [1.54, 1.807) is 30.3 Å². The molecule has 0 amide bonds. The van der Waals surface area contributed by atoms with Crippen LogP contribution in [0.15, 0.2) is 35.4 Å². The van der Waals surface area contributed by atoms with E-state index in [9.17, 15) is 9.59 Å². The summed E-state index contributed by atoms with van der Waals surface area (Å²) < 4.78 is 4.69. The Labute approximate surface area is 119 Å². The molecule has 1 aliphatic rings. The van der Waals surface area contributed by atoms with E-state index in [2.05, 4.69) is 26.6 Å². The van der Waals surface area contributed by atoms with Gasteiger partial charge in [0.2, 0.25) is 0 Å². The summed E-state index contributed by atoms with van der Waals surface area (Å²) in [7, 11) is 0. The lowest BCUT2D eigenvalue weighted by molar-refractivity contribution is 0.0391. The van der Waals surface area contributed by atoms with Gasteiger partial charge in [0.05, 0.1) is 17.7 Å². The number of hydrogen-bond acceptors (Lipinski definition) is 4. The first-order valence-corrected chi connectivity index (χ1v) is 6.04. The molecule has 21 heavy (non-hydrogen) atoms. The summed E-state index contributed by atoms with van der Waals surface area (Å²) in [4.78, 5) is 26.1. The highest BCUT2D eigenvalue weighted by Crippen LogP contribution is 2.30. The van der Waals surface area contributed by atoms with Crippen molar-refractivity contribution in [2.45, 2.75) is 0 Å². The smallest absolute Gasteiger partial charge is 0.346 e. The summed E-state index contributed by atoms with van der Waals surface area (Å²) in [6.45, 7) is 0.0560. The SMILES string of the molecule is [N-]=[N+]=NCC#Cc1ccc2c3c(cccc13)C(=O)OC2=O. The fraction of sp³-hybridized carbons (Fsp3) is 0.0667. The Kier molecular flexibility index (Phi) is 3.03. The van der Waals surface area contributed by atoms with Gasteiger partial charge in [0.1, 0.15) is 0 Å². The second-order valence-electron chi connectivity index (χ2n) is 4.26. The predicted molar refractivity (Wildman–Crippen MR) is 74.6 cm³/mol. The maximum absolute atomic E-state index is 11.8. The van der Waals surface area contributed by atoms with Crippen molar-refractivity contribution in [2.75, 3.05) is 6.54 Å². The average molecular weight is 277 g/mol. The molecule has 0 N–H and O–H groups in total. The third-order valence-corrected chi connectivity index (χ3v) is 3.10. The molecule has 3 rings (SSSR count). The summed E-state index contributed by atoms with van der Waals surface area (Å²) in [5.74, 6) is 4.29. The zero-order valence-corrected chi connectivity index (χ0v) is 10.7. The van der Waals surface area contributed by atoms with Crippen LogP contribution in [0.1, 0.15) is 26.3 Å². The molecule has 0 unspecified atom stereocenters. The van der Waals surface area contributed by atoms with Crippen LogP contribution in [0.2, 0.25) is 0 Å². The number of azide groups is 1. The summed E-state index contributed by atoms with van der Waals surface area (Å²) in [5, 5.41) is 4.58. The van der Waals surface area contributed by atoms with Crippen LogP contribution in [0, 0.1) is 11.8 Å². The van der Waals surface area contributed by atoms with Crippen molar-refractivity contribution in [3.63, 3.8) is 0 Å². The lowest BCUT2D eigenvalue weighted by atomic mass is 9.94. The van der Waals surface area contributed by atoms with Crippen molar-refractivity contribution >= 4 is 22.7 Å². The molecule has 0 aromatic heterocycles. The highest BCUT2D eigenvalue weighted by molar-refractivity contribution is 6.21. The number of cyclic esters (lactones) is 2. The molecule has 0 atom stereocenters. The molecule has 0 spiro atoms. The van der Waals surface area contributed by atoms with E-state index in [4.69, 9.17) is 5.53 Å². The van der Waals surface area contributed by atoms with Gasteiger partial charge in [0, 0.05) is 15.9 Å². The van der Waals surface area contributed by atoms with E-state index in [0.717, 1.165) is 0 Å². The van der Waals surface area contributed by atoms with Gasteiger partial charge in [-0.05, 0) is 29.1 Å². The van der Waals surface area contributed by atoms with E-state index >= 15 is 0 Å². The quantitative estimate of drug-likeness (QED) is 0.200. The first-order chi connectivity index (χ1) is 10.2. The Morgan fingerprint density at radius 3 is 2.67 bits per heavy atom. The van der Waals surface area contributed by atoms with E-state index in [1.165, 1.54) is 0 Å². The number of benzene rings is 2. The maximum atomic E-state index is 11.8. The molecule has 0 radical (unpaired) electrons. The van der Waals surface area contributed by atoms with E-state index in [0.29, 0.717) is 27.5 Å². The Morgan fingerprint density at radius 1 is 1.14 bits per heavy atom. The summed E-state index contributed by atoms with van der Waals surface area (Å²) in [5.41, 5.74) is 9.56. The van der Waals surface area contributed by atoms with E-state index in [1.807, 2.05) is 0 Å². The highest BCUT2D eigenvalue weighted by atomic mass is 16.6. The van der Waals surface area contributed by atoms with Crippen molar-refractivity contribution < 1.29 is 14.3 Å². The minimum absolute atomic E-state index is 0.0560. The topological polar surface area (TPSA) is 92.1 Å². The number of esters is 2. The van der Waals surface area contributed by atoms with Gasteiger partial charge in [-0.25, -0.2) is 9.59 Å². The van der Waals surface area contributed by atoms with Crippen LogP contribution in [0.5, 0.6) is 0 Å². The number of rotatable bonds is 1. The minimum Gasteiger partial charge on any atom is -0.386 e. The molecule has 100 valence electrons. The maximum Gasteiger partial charge on any atom is 0.346 e. The summed E-state index contributed by atoms with van der Waals surface area (Å²) in [6.07, 6.45) is 0. The van der Waals surface area contributed by atoms with E-state index < -0.39 is 11.9 Å². The van der Waals surface area contributed by atoms with Crippen LogP contribution in [-0.4, -0.2) is 18.5 Å². The fourth-order valence-corrected chi connectivity index (χ4v) is 2.25. The zero-order valence-electron chi connectivity index (χ0n) is 10.7. The van der Waals surface area contributed by atoms with Crippen LogP contribution in [0.3, 0.4) is 0 Å². The molecule has 6 nitrogen and oxygen atoms in total. The van der Waals surface area contributed by atoms with Gasteiger partial charge < -0.3 is 4.74 Å². The number of nitrogens with zero attached hydrogens (tertiary/aromatic N) is 3. The Bertz CT molecular complexity index is 879. The molecular formula is C15H7N3O3. The van der Waals surface area contributed by atoms with Gasteiger partial charge in [-0.2, -0.15) is 0 Å². The number of ether oxygens (including phenoxy) is 1. The first-order valence-electron chi connectivity index (χ1n) is 6.04. The second kappa shape index (κ2) is 5.00. The molecule has 0 bridgehead atoms. The van der Waals surface area contributed by atoms with Crippen LogP contribution in [0.25, 0.3) is 21.2 Å². The molecule has 0 saturated heterocycles. The van der Waals surface area contributed by atoms with Crippen molar-refractivity contribution in [2.24, 2.45) is 5.11 Å². The number of carbonyl (C=O) groups excluding carboxylic acids is 2. The molecule has 2 aromatic rings. The van der Waals surface area contributed by atoms with Crippen molar-refractivity contribution in [3.05, 3.63) is 57.5 Å². The highest BCUT2D eigenvalue weighted by Gasteiger charge is 2.27. The monoisotopic (exact) mass is 277 g/mol. The molecule has 0 saturated carbocycles. The largest absolute Gasteiger partial charge is 0.386 e. The molecule has 0 fully saturated rings. The normalized spacial score (nSPS) is 12.2. The number of hydrogen-bond donors (Lipinski definition) is 0. The third kappa shape index (κ3) is 2.08. The lowest BCUT2D eigenvalue weighted by Gasteiger charge is -2.15. The van der Waals surface area contributed by atoms with Gasteiger partial charge in [-0.15, -0.1) is 0 Å². The van der Waals surface area contributed by atoms with Crippen molar-refractivity contribution in [1.82, 2.24) is 0 Å². The van der Waals surface area contributed by atoms with Gasteiger partial charge in [0.25, 0.3) is 0 Å². The Hall–Kier alpha value is -3.29. The van der Waals surface area contributed by atoms with Crippen LogP contribution in [0.4, 0.5) is 0 Å². The third-order valence-electron chi connectivity index (χ3n) is 3.10. The van der Waals surface area contributed by atoms with Crippen LogP contribution < -0.4 is 0 Å². The lowest BCUT2D eigenvalue weighted by Crippen LogP contribution is -2.19. The second-order valence-corrected chi connectivity index (χ2v) is 4.26. The molecule has 2 aromatic carbocycles. The van der Waals surface area contributed by atoms with Gasteiger partial charge >= 0.3 is 11.9 Å². The molecule has 6 heteroatoms. The predicted octanol–water partition coefficient (Wildman–Crippen LogP) is 2.81. The van der Waals surface area contributed by atoms with Crippen LogP contribution in [-0.2, 0) is 4.74 Å². The summed E-state index contributed by atoms with van der Waals surface area (Å²) >= 11 is 0. The standard InChI is InChI=1S/C15H7N3O3/c16-18-17-8-2-3-9-6-7-12-13-10(9)4-1-5-11(13)14(19)21-15(12)20/h1,4-7H,8H2. The fourth-order valence-electron chi connectivity index (χ4n) is 2.25. The van der Waals surface area contributed by atoms with Crippen molar-refractivity contribution in [1.29, 1.82) is 0 Å². The van der Waals surface area contributed by atoms with Gasteiger partial charge in [-0.3, -0.25) is 0 Å². The van der Waals surface area contributed by atoms with Gasteiger partial charge in [0.15, 0.2) is 0 Å². The van der Waals surface area contributed by atoms with Crippen LogP contribution >= 0.6 is 0 Å². The molecule has 1 heterocycles. The number of carbonyl (C=O) groups is 2. The Morgan fingerprint density at radius 2 is 1.90 bits per heavy atom. The first kappa shape index (κ1) is 12.7. The minimum atomic E-state index is -0.655. The summed E-state index contributed by atoms with van der Waals surface area (Å²) in [6, 6.07) is 8.36. The molecule has 0 aliphatic carbocycles. The zero-order chi connectivity index (χ0) is 14.8. The van der Waals surface area contributed by atoms with E-state index in [-0.39, 0.29) is 6.54 Å². The average Bonchev–Trinajstić information content (AvgIpc) is 2.49. The van der Waals surface area contributed by atoms with Crippen molar-refractivity contribution in [3.8, 4) is 11.8 Å². The van der Waals surface area contributed by atoms with Gasteiger partial charge in [-0.1, -0.05) is 29.1 Å². The Balaban J connectivity index is 2.25. The molecular weight excluding hydrogens is 270 g/mol.